The fourth-order valence-corrected chi connectivity index (χ4v) is 2.24. The summed E-state index contributed by atoms with van der Waals surface area (Å²) in [4.78, 5) is 47.3. The Morgan fingerprint density at radius 1 is 1.27 bits per heavy atom. The van der Waals surface area contributed by atoms with Crippen molar-refractivity contribution in [2.24, 2.45) is 5.73 Å². The minimum Gasteiger partial charge on any atom is -0.351 e. The topological polar surface area (TPSA) is 122 Å². The molecular weight excluding hydrogens is 288 g/mol. The summed E-state index contributed by atoms with van der Waals surface area (Å²) in [7, 11) is 0. The van der Waals surface area contributed by atoms with Gasteiger partial charge in [-0.2, -0.15) is 0 Å². The van der Waals surface area contributed by atoms with Gasteiger partial charge in [0, 0.05) is 0 Å². The van der Waals surface area contributed by atoms with Crippen molar-refractivity contribution in [3.8, 4) is 0 Å². The highest BCUT2D eigenvalue weighted by atomic mass is 16.2. The molecule has 1 aliphatic heterocycles. The van der Waals surface area contributed by atoms with Crippen LogP contribution in [0.25, 0.3) is 0 Å². The number of imide groups is 2. The fraction of sp³-hybridized carbons (Fsp3) is 0.286. The van der Waals surface area contributed by atoms with Gasteiger partial charge in [0.2, 0.25) is 5.91 Å². The van der Waals surface area contributed by atoms with Gasteiger partial charge in [0.25, 0.3) is 5.91 Å². The van der Waals surface area contributed by atoms with Crippen LogP contribution in [0.15, 0.2) is 24.3 Å². The molecular formula is C14H16N4O4. The van der Waals surface area contributed by atoms with Gasteiger partial charge >= 0.3 is 12.1 Å². The van der Waals surface area contributed by atoms with Crippen molar-refractivity contribution >= 4 is 23.9 Å². The monoisotopic (exact) mass is 304 g/mol. The zero-order valence-electron chi connectivity index (χ0n) is 12.2. The van der Waals surface area contributed by atoms with E-state index in [-0.39, 0.29) is 0 Å². The van der Waals surface area contributed by atoms with Crippen LogP contribution >= 0.6 is 0 Å². The Morgan fingerprint density at radius 2 is 1.86 bits per heavy atom. The molecule has 1 atom stereocenters. The second-order valence-corrected chi connectivity index (χ2v) is 5.22. The van der Waals surface area contributed by atoms with Crippen molar-refractivity contribution in [2.75, 3.05) is 6.54 Å². The first-order chi connectivity index (χ1) is 10.2. The number of urea groups is 2. The van der Waals surface area contributed by atoms with E-state index in [1.165, 1.54) is 0 Å². The summed E-state index contributed by atoms with van der Waals surface area (Å²) in [5.74, 6) is -1.40. The predicted octanol–water partition coefficient (Wildman–Crippen LogP) is -0.0431. The number of aryl methyl sites for hydroxylation is 1. The minimum atomic E-state index is -1.25. The van der Waals surface area contributed by atoms with Gasteiger partial charge in [0.1, 0.15) is 12.1 Å². The lowest BCUT2D eigenvalue weighted by Crippen LogP contribution is -2.45. The summed E-state index contributed by atoms with van der Waals surface area (Å²) in [5.41, 5.74) is 5.19. The summed E-state index contributed by atoms with van der Waals surface area (Å²) in [6.07, 6.45) is 0. The highest BCUT2D eigenvalue weighted by Crippen LogP contribution is 2.28. The highest BCUT2D eigenvalue weighted by Gasteiger charge is 2.49. The Bertz CT molecular complexity index is 655. The molecule has 1 aliphatic rings. The number of hydrogen-bond donors (Lipinski definition) is 3. The molecule has 4 N–H and O–H groups in total. The SMILES string of the molecule is Cc1ccc([C@@]2(C)NC(=O)N(CC(=O)NC(N)=O)C2=O)cc1. The van der Waals surface area contributed by atoms with E-state index < -0.39 is 36.0 Å². The largest absolute Gasteiger partial charge is 0.351 e. The molecule has 0 saturated carbocycles. The molecule has 6 amide bonds. The number of nitrogens with two attached hydrogens (primary N) is 1. The van der Waals surface area contributed by atoms with Crippen LogP contribution in [-0.2, 0) is 15.1 Å². The van der Waals surface area contributed by atoms with Gasteiger partial charge in [-0.3, -0.25) is 19.8 Å². The molecule has 0 unspecified atom stereocenters. The highest BCUT2D eigenvalue weighted by molar-refractivity contribution is 6.10. The summed E-state index contributed by atoms with van der Waals surface area (Å²) < 4.78 is 0. The number of nitrogens with zero attached hydrogens (tertiary/aromatic N) is 1. The molecule has 8 heteroatoms. The second kappa shape index (κ2) is 5.47. The smallest absolute Gasteiger partial charge is 0.325 e. The van der Waals surface area contributed by atoms with Crippen LogP contribution in [0.3, 0.4) is 0 Å². The van der Waals surface area contributed by atoms with Crippen LogP contribution in [0.4, 0.5) is 9.59 Å². The van der Waals surface area contributed by atoms with Gasteiger partial charge in [-0.25, -0.2) is 9.59 Å². The maximum absolute atomic E-state index is 12.5. The Kier molecular flexibility index (Phi) is 3.85. The van der Waals surface area contributed by atoms with Gasteiger partial charge in [0.15, 0.2) is 0 Å². The van der Waals surface area contributed by atoms with Crippen molar-refractivity contribution in [3.63, 3.8) is 0 Å². The number of benzene rings is 1. The van der Waals surface area contributed by atoms with Crippen LogP contribution < -0.4 is 16.4 Å². The summed E-state index contributed by atoms with van der Waals surface area (Å²) >= 11 is 0. The first-order valence-corrected chi connectivity index (χ1v) is 6.54. The standard InChI is InChI=1S/C14H16N4O4/c1-8-3-5-9(6-4-8)14(2)11(20)18(13(22)17-14)7-10(19)16-12(15)21/h3-6H,7H2,1-2H3,(H,17,22)(H3,15,16,19,21)/t14-/m1/s1. The van der Waals surface area contributed by atoms with E-state index in [9.17, 15) is 19.2 Å². The lowest BCUT2D eigenvalue weighted by atomic mass is 9.91. The molecule has 1 aromatic rings. The lowest BCUT2D eigenvalue weighted by Gasteiger charge is -2.22. The first-order valence-electron chi connectivity index (χ1n) is 6.54. The quantitative estimate of drug-likeness (QED) is 0.678. The average Bonchev–Trinajstić information content (AvgIpc) is 2.63. The Labute approximate surface area is 126 Å². The van der Waals surface area contributed by atoms with Crippen LogP contribution in [0, 0.1) is 6.92 Å². The van der Waals surface area contributed by atoms with Crippen LogP contribution in [0.2, 0.25) is 0 Å². The normalized spacial score (nSPS) is 20.7. The third kappa shape index (κ3) is 2.76. The third-order valence-electron chi connectivity index (χ3n) is 3.47. The second-order valence-electron chi connectivity index (χ2n) is 5.22. The van der Waals surface area contributed by atoms with E-state index in [0.717, 1.165) is 10.5 Å². The van der Waals surface area contributed by atoms with E-state index in [4.69, 9.17) is 5.73 Å². The minimum absolute atomic E-state index is 0.569. The van der Waals surface area contributed by atoms with Gasteiger partial charge in [-0.05, 0) is 19.4 Å². The lowest BCUT2D eigenvalue weighted by molar-refractivity contribution is -0.134. The molecule has 22 heavy (non-hydrogen) atoms. The molecule has 2 rings (SSSR count). The molecule has 1 aromatic carbocycles. The van der Waals surface area contributed by atoms with Crippen LogP contribution in [-0.4, -0.2) is 35.3 Å². The van der Waals surface area contributed by atoms with Gasteiger partial charge in [0.05, 0.1) is 0 Å². The third-order valence-corrected chi connectivity index (χ3v) is 3.47. The summed E-state index contributed by atoms with van der Waals surface area (Å²) in [6.45, 7) is 2.89. The number of nitrogens with one attached hydrogen (secondary N) is 2. The van der Waals surface area contributed by atoms with Gasteiger partial charge in [-0.1, -0.05) is 29.8 Å². The average molecular weight is 304 g/mol. The number of hydrogen-bond acceptors (Lipinski definition) is 4. The van der Waals surface area contributed by atoms with Gasteiger partial charge < -0.3 is 11.1 Å². The Hall–Kier alpha value is -2.90. The number of carbonyl (C=O) groups excluding carboxylic acids is 4. The maximum atomic E-state index is 12.5. The number of primary amides is 1. The predicted molar refractivity (Wildman–Crippen MR) is 76.5 cm³/mol. The number of amides is 6. The number of carbonyl (C=O) groups is 4. The molecule has 0 bridgehead atoms. The van der Waals surface area contributed by atoms with E-state index in [0.29, 0.717) is 5.56 Å². The van der Waals surface area contributed by atoms with Crippen molar-refractivity contribution in [2.45, 2.75) is 19.4 Å². The van der Waals surface area contributed by atoms with E-state index >= 15 is 0 Å². The van der Waals surface area contributed by atoms with Crippen molar-refractivity contribution in [3.05, 3.63) is 35.4 Å². The Morgan fingerprint density at radius 3 is 2.41 bits per heavy atom. The van der Waals surface area contributed by atoms with E-state index in [2.05, 4.69) is 5.32 Å². The van der Waals surface area contributed by atoms with Crippen LogP contribution in [0.5, 0.6) is 0 Å². The molecule has 0 aliphatic carbocycles. The maximum Gasteiger partial charge on any atom is 0.325 e. The zero-order chi connectivity index (χ0) is 16.5. The molecule has 1 fully saturated rings. The van der Waals surface area contributed by atoms with Gasteiger partial charge in [-0.15, -0.1) is 0 Å². The fourth-order valence-electron chi connectivity index (χ4n) is 2.24. The van der Waals surface area contributed by atoms with Crippen molar-refractivity contribution in [1.29, 1.82) is 0 Å². The Balaban J connectivity index is 2.22. The van der Waals surface area contributed by atoms with E-state index in [1.807, 2.05) is 24.4 Å². The molecule has 8 nitrogen and oxygen atoms in total. The molecule has 1 saturated heterocycles. The number of rotatable bonds is 3. The molecule has 1 heterocycles. The summed E-state index contributed by atoms with van der Waals surface area (Å²) in [6, 6.07) is 5.37. The summed E-state index contributed by atoms with van der Waals surface area (Å²) in [5, 5.41) is 4.38. The van der Waals surface area contributed by atoms with Crippen LogP contribution in [0.1, 0.15) is 18.1 Å². The molecule has 0 aromatic heterocycles. The first kappa shape index (κ1) is 15.5. The van der Waals surface area contributed by atoms with Crippen molar-refractivity contribution in [1.82, 2.24) is 15.5 Å². The van der Waals surface area contributed by atoms with E-state index in [1.54, 1.807) is 19.1 Å². The zero-order valence-corrected chi connectivity index (χ0v) is 12.2. The van der Waals surface area contributed by atoms with Crippen molar-refractivity contribution < 1.29 is 19.2 Å². The molecule has 0 radical (unpaired) electrons. The molecule has 116 valence electrons. The molecule has 0 spiro atoms.